The second-order valence-corrected chi connectivity index (χ2v) is 5.65. The molecule has 0 spiro atoms. The molecular formula is C14H17NO5S. The molecule has 1 saturated heterocycles. The van der Waals surface area contributed by atoms with Crippen molar-refractivity contribution in [1.29, 1.82) is 0 Å². The molecule has 6 nitrogen and oxygen atoms in total. The molecular weight excluding hydrogens is 294 g/mol. The zero-order valence-corrected chi connectivity index (χ0v) is 12.7. The van der Waals surface area contributed by atoms with Crippen molar-refractivity contribution < 1.29 is 24.2 Å². The van der Waals surface area contributed by atoms with E-state index in [0.29, 0.717) is 29.4 Å². The van der Waals surface area contributed by atoms with Gasteiger partial charge in [0.2, 0.25) is 0 Å². The van der Waals surface area contributed by atoms with Gasteiger partial charge in [-0.3, -0.25) is 4.79 Å². The molecule has 0 aromatic heterocycles. The Morgan fingerprint density at radius 1 is 1.29 bits per heavy atom. The van der Waals surface area contributed by atoms with E-state index in [-0.39, 0.29) is 5.91 Å². The number of methoxy groups -OCH3 is 2. The Labute approximate surface area is 127 Å². The lowest BCUT2D eigenvalue weighted by molar-refractivity contribution is -0.141. The van der Waals surface area contributed by atoms with Crippen LogP contribution in [-0.2, 0) is 4.79 Å². The van der Waals surface area contributed by atoms with E-state index < -0.39 is 12.0 Å². The molecule has 21 heavy (non-hydrogen) atoms. The van der Waals surface area contributed by atoms with Crippen molar-refractivity contribution in [3.63, 3.8) is 0 Å². The van der Waals surface area contributed by atoms with Crippen LogP contribution in [0.5, 0.6) is 11.5 Å². The molecule has 7 heteroatoms. The van der Waals surface area contributed by atoms with Gasteiger partial charge in [-0.1, -0.05) is 0 Å². The maximum atomic E-state index is 12.5. The van der Waals surface area contributed by atoms with Gasteiger partial charge in [-0.2, -0.15) is 11.8 Å². The quantitative estimate of drug-likeness (QED) is 0.904. The van der Waals surface area contributed by atoms with Crippen LogP contribution >= 0.6 is 11.8 Å². The fourth-order valence-electron chi connectivity index (χ4n) is 2.19. The van der Waals surface area contributed by atoms with Gasteiger partial charge in [-0.15, -0.1) is 0 Å². The third-order valence-corrected chi connectivity index (χ3v) is 4.33. The van der Waals surface area contributed by atoms with Crippen LogP contribution in [-0.4, -0.2) is 60.2 Å². The average Bonchev–Trinajstić information content (AvgIpc) is 2.53. The standard InChI is InChI=1S/C14H17NO5S/c1-19-11-4-3-9(7-12(11)20-2)13(16)15-5-6-21-8-10(15)14(17)18/h3-4,7,10H,5-6,8H2,1-2H3,(H,17,18). The highest BCUT2D eigenvalue weighted by Crippen LogP contribution is 2.29. The highest BCUT2D eigenvalue weighted by Gasteiger charge is 2.33. The van der Waals surface area contributed by atoms with Crippen LogP contribution in [0.1, 0.15) is 10.4 Å². The summed E-state index contributed by atoms with van der Waals surface area (Å²) in [6.45, 7) is 0.425. The molecule has 0 aliphatic carbocycles. The Bertz CT molecular complexity index is 548. The largest absolute Gasteiger partial charge is 0.493 e. The summed E-state index contributed by atoms with van der Waals surface area (Å²) in [4.78, 5) is 25.2. The van der Waals surface area contributed by atoms with Gasteiger partial charge in [-0.25, -0.2) is 4.79 Å². The number of carboxylic acids is 1. The lowest BCUT2D eigenvalue weighted by Gasteiger charge is -2.32. The van der Waals surface area contributed by atoms with Crippen molar-refractivity contribution in [2.24, 2.45) is 0 Å². The number of carbonyl (C=O) groups is 2. The van der Waals surface area contributed by atoms with Gasteiger partial charge < -0.3 is 19.5 Å². The predicted octanol–water partition coefficient (Wildman–Crippen LogP) is 1.35. The van der Waals surface area contributed by atoms with E-state index in [0.717, 1.165) is 5.75 Å². The molecule has 1 amide bonds. The number of carboxylic acid groups (broad SMARTS) is 1. The maximum absolute atomic E-state index is 12.5. The summed E-state index contributed by atoms with van der Waals surface area (Å²) in [6.07, 6.45) is 0. The molecule has 114 valence electrons. The number of amides is 1. The molecule has 1 aromatic carbocycles. The summed E-state index contributed by atoms with van der Waals surface area (Å²) in [6, 6.07) is 4.04. The van der Waals surface area contributed by atoms with E-state index in [2.05, 4.69) is 0 Å². The van der Waals surface area contributed by atoms with Crippen LogP contribution in [0.3, 0.4) is 0 Å². The summed E-state index contributed by atoms with van der Waals surface area (Å²) >= 11 is 1.54. The molecule has 1 atom stereocenters. The van der Waals surface area contributed by atoms with E-state index in [9.17, 15) is 14.7 Å². The summed E-state index contributed by atoms with van der Waals surface area (Å²) < 4.78 is 10.3. The first kappa shape index (κ1) is 15.5. The topological polar surface area (TPSA) is 76.1 Å². The molecule has 1 heterocycles. The Hall–Kier alpha value is -1.89. The number of hydrogen-bond acceptors (Lipinski definition) is 5. The minimum Gasteiger partial charge on any atom is -0.493 e. The third kappa shape index (κ3) is 3.24. The summed E-state index contributed by atoms with van der Waals surface area (Å²) in [5.74, 6) is 0.844. The summed E-state index contributed by atoms with van der Waals surface area (Å²) in [7, 11) is 3.01. The van der Waals surface area contributed by atoms with Crippen molar-refractivity contribution in [1.82, 2.24) is 4.90 Å². The average molecular weight is 311 g/mol. The Morgan fingerprint density at radius 2 is 2.00 bits per heavy atom. The number of nitrogens with zero attached hydrogens (tertiary/aromatic N) is 1. The van der Waals surface area contributed by atoms with Crippen molar-refractivity contribution >= 4 is 23.6 Å². The predicted molar refractivity (Wildman–Crippen MR) is 79.3 cm³/mol. The van der Waals surface area contributed by atoms with Gasteiger partial charge in [0.05, 0.1) is 14.2 Å². The fraction of sp³-hybridized carbons (Fsp3) is 0.429. The van der Waals surface area contributed by atoms with Crippen molar-refractivity contribution in [2.75, 3.05) is 32.3 Å². The normalized spacial score (nSPS) is 18.2. The molecule has 0 bridgehead atoms. The first-order valence-corrected chi connectivity index (χ1v) is 7.57. The molecule has 1 aliphatic heterocycles. The number of ether oxygens (including phenoxy) is 2. The number of aliphatic carboxylic acids is 1. The zero-order chi connectivity index (χ0) is 15.4. The van der Waals surface area contributed by atoms with Crippen LogP contribution in [0, 0.1) is 0 Å². The van der Waals surface area contributed by atoms with Crippen molar-refractivity contribution in [3.05, 3.63) is 23.8 Å². The smallest absolute Gasteiger partial charge is 0.327 e. The number of carbonyl (C=O) groups excluding carboxylic acids is 1. The Balaban J connectivity index is 2.28. The molecule has 1 unspecified atom stereocenters. The molecule has 1 fully saturated rings. The number of rotatable bonds is 4. The first-order chi connectivity index (χ1) is 10.1. The van der Waals surface area contributed by atoms with E-state index in [4.69, 9.17) is 9.47 Å². The monoisotopic (exact) mass is 311 g/mol. The van der Waals surface area contributed by atoms with Crippen molar-refractivity contribution in [3.8, 4) is 11.5 Å². The molecule has 0 radical (unpaired) electrons. The van der Waals surface area contributed by atoms with Crippen LogP contribution < -0.4 is 9.47 Å². The van der Waals surface area contributed by atoms with Gasteiger partial charge in [0, 0.05) is 23.6 Å². The number of hydrogen-bond donors (Lipinski definition) is 1. The van der Waals surface area contributed by atoms with E-state index >= 15 is 0 Å². The maximum Gasteiger partial charge on any atom is 0.327 e. The second kappa shape index (κ2) is 6.71. The molecule has 0 saturated carbocycles. The van der Waals surface area contributed by atoms with Crippen LogP contribution in [0.25, 0.3) is 0 Å². The molecule has 1 aliphatic rings. The highest BCUT2D eigenvalue weighted by molar-refractivity contribution is 7.99. The first-order valence-electron chi connectivity index (χ1n) is 6.42. The second-order valence-electron chi connectivity index (χ2n) is 4.50. The molecule has 2 rings (SSSR count). The zero-order valence-electron chi connectivity index (χ0n) is 11.9. The minimum absolute atomic E-state index is 0.302. The fourth-order valence-corrected chi connectivity index (χ4v) is 3.22. The number of thioether (sulfide) groups is 1. The minimum atomic E-state index is -0.976. The Kier molecular flexibility index (Phi) is 4.95. The number of benzene rings is 1. The Morgan fingerprint density at radius 3 is 2.62 bits per heavy atom. The van der Waals surface area contributed by atoms with Gasteiger partial charge in [0.1, 0.15) is 6.04 Å². The summed E-state index contributed by atoms with van der Waals surface area (Å²) in [5, 5.41) is 9.24. The van der Waals surface area contributed by atoms with E-state index in [1.54, 1.807) is 30.0 Å². The molecule has 1 aromatic rings. The van der Waals surface area contributed by atoms with Gasteiger partial charge >= 0.3 is 5.97 Å². The van der Waals surface area contributed by atoms with Crippen LogP contribution in [0.4, 0.5) is 0 Å². The molecule has 1 N–H and O–H groups in total. The van der Waals surface area contributed by atoms with Crippen LogP contribution in [0.2, 0.25) is 0 Å². The van der Waals surface area contributed by atoms with Crippen molar-refractivity contribution in [2.45, 2.75) is 6.04 Å². The highest BCUT2D eigenvalue weighted by atomic mass is 32.2. The van der Waals surface area contributed by atoms with E-state index in [1.165, 1.54) is 19.1 Å². The summed E-state index contributed by atoms with van der Waals surface area (Å²) in [5.41, 5.74) is 0.394. The third-order valence-electron chi connectivity index (χ3n) is 3.30. The lowest BCUT2D eigenvalue weighted by Crippen LogP contribution is -2.50. The van der Waals surface area contributed by atoms with Gasteiger partial charge in [-0.05, 0) is 18.2 Å². The lowest BCUT2D eigenvalue weighted by atomic mass is 10.1. The van der Waals surface area contributed by atoms with Gasteiger partial charge in [0.15, 0.2) is 11.5 Å². The van der Waals surface area contributed by atoms with Crippen LogP contribution in [0.15, 0.2) is 18.2 Å². The SMILES string of the molecule is COc1ccc(C(=O)N2CCSCC2C(=O)O)cc1OC. The van der Waals surface area contributed by atoms with Gasteiger partial charge in [0.25, 0.3) is 5.91 Å². The van der Waals surface area contributed by atoms with E-state index in [1.807, 2.05) is 0 Å².